The van der Waals surface area contributed by atoms with Crippen LogP contribution in [0, 0.1) is 0 Å². The van der Waals surface area contributed by atoms with Gasteiger partial charge in [0, 0.05) is 26.1 Å². The van der Waals surface area contributed by atoms with Crippen molar-refractivity contribution in [3.05, 3.63) is 59.9 Å². The molecule has 1 aliphatic heterocycles. The molecule has 24 heavy (non-hydrogen) atoms. The SMILES string of the molecule is CC(=O)N(Cc1ccc(OC2CCOC2)cc1)Cc1ccccn1. The lowest BCUT2D eigenvalue weighted by Crippen LogP contribution is -2.28. The fourth-order valence-electron chi connectivity index (χ4n) is 2.66. The van der Waals surface area contributed by atoms with Crippen LogP contribution < -0.4 is 4.74 Å². The molecule has 126 valence electrons. The van der Waals surface area contributed by atoms with Crippen LogP contribution >= 0.6 is 0 Å². The molecule has 1 fully saturated rings. The van der Waals surface area contributed by atoms with Gasteiger partial charge in [0.25, 0.3) is 0 Å². The zero-order valence-corrected chi connectivity index (χ0v) is 13.9. The van der Waals surface area contributed by atoms with E-state index in [-0.39, 0.29) is 12.0 Å². The molecule has 3 rings (SSSR count). The van der Waals surface area contributed by atoms with Crippen LogP contribution in [0.2, 0.25) is 0 Å². The molecule has 0 radical (unpaired) electrons. The minimum Gasteiger partial charge on any atom is -0.488 e. The highest BCUT2D eigenvalue weighted by atomic mass is 16.5. The van der Waals surface area contributed by atoms with Crippen molar-refractivity contribution in [3.8, 4) is 5.75 Å². The smallest absolute Gasteiger partial charge is 0.220 e. The molecule has 5 nitrogen and oxygen atoms in total. The average Bonchev–Trinajstić information content (AvgIpc) is 3.10. The van der Waals surface area contributed by atoms with Crippen LogP contribution in [0.4, 0.5) is 0 Å². The van der Waals surface area contributed by atoms with Crippen molar-refractivity contribution in [3.63, 3.8) is 0 Å². The number of pyridine rings is 1. The largest absolute Gasteiger partial charge is 0.488 e. The first kappa shape index (κ1) is 16.5. The van der Waals surface area contributed by atoms with Crippen molar-refractivity contribution in [1.29, 1.82) is 0 Å². The van der Waals surface area contributed by atoms with Gasteiger partial charge in [-0.15, -0.1) is 0 Å². The summed E-state index contributed by atoms with van der Waals surface area (Å²) in [5.41, 5.74) is 1.95. The summed E-state index contributed by atoms with van der Waals surface area (Å²) in [6, 6.07) is 13.6. The summed E-state index contributed by atoms with van der Waals surface area (Å²) in [4.78, 5) is 18.0. The fraction of sp³-hybridized carbons (Fsp3) is 0.368. The Balaban J connectivity index is 1.61. The molecule has 5 heteroatoms. The van der Waals surface area contributed by atoms with Gasteiger partial charge < -0.3 is 14.4 Å². The number of aromatic nitrogens is 1. The van der Waals surface area contributed by atoms with E-state index in [1.54, 1.807) is 18.0 Å². The molecule has 0 aliphatic carbocycles. The predicted octanol–water partition coefficient (Wildman–Crippen LogP) is 2.80. The lowest BCUT2D eigenvalue weighted by molar-refractivity contribution is -0.130. The molecule has 2 heterocycles. The van der Waals surface area contributed by atoms with Crippen molar-refractivity contribution in [2.45, 2.75) is 32.5 Å². The van der Waals surface area contributed by atoms with Gasteiger partial charge in [-0.25, -0.2) is 0 Å². The fourth-order valence-corrected chi connectivity index (χ4v) is 2.66. The van der Waals surface area contributed by atoms with Gasteiger partial charge in [0.1, 0.15) is 11.9 Å². The van der Waals surface area contributed by atoms with E-state index in [2.05, 4.69) is 4.98 Å². The molecular weight excluding hydrogens is 304 g/mol. The highest BCUT2D eigenvalue weighted by Crippen LogP contribution is 2.19. The van der Waals surface area contributed by atoms with Crippen LogP contribution in [0.15, 0.2) is 48.7 Å². The van der Waals surface area contributed by atoms with Crippen LogP contribution in [0.25, 0.3) is 0 Å². The molecule has 1 aromatic carbocycles. The minimum absolute atomic E-state index is 0.0316. The quantitative estimate of drug-likeness (QED) is 0.819. The van der Waals surface area contributed by atoms with Gasteiger partial charge in [0.15, 0.2) is 0 Å². The maximum absolute atomic E-state index is 11.9. The molecule has 0 saturated carbocycles. The molecule has 1 saturated heterocycles. The predicted molar refractivity (Wildman–Crippen MR) is 90.5 cm³/mol. The Morgan fingerprint density at radius 1 is 1.25 bits per heavy atom. The molecule has 1 unspecified atom stereocenters. The van der Waals surface area contributed by atoms with E-state index in [1.807, 2.05) is 42.5 Å². The maximum Gasteiger partial charge on any atom is 0.220 e. The van der Waals surface area contributed by atoms with E-state index < -0.39 is 0 Å². The van der Waals surface area contributed by atoms with Crippen LogP contribution in [-0.2, 0) is 22.6 Å². The molecular formula is C19H22N2O3. The highest BCUT2D eigenvalue weighted by molar-refractivity contribution is 5.73. The number of ether oxygens (including phenoxy) is 2. The standard InChI is InChI=1S/C19H22N2O3/c1-15(22)21(13-17-4-2-3-10-20-17)12-16-5-7-18(8-6-16)24-19-9-11-23-14-19/h2-8,10,19H,9,11-14H2,1H3. The Hall–Kier alpha value is -2.40. The van der Waals surface area contributed by atoms with E-state index >= 15 is 0 Å². The number of carbonyl (C=O) groups excluding carboxylic acids is 1. The molecule has 0 bridgehead atoms. The van der Waals surface area contributed by atoms with Gasteiger partial charge in [-0.05, 0) is 29.8 Å². The van der Waals surface area contributed by atoms with Gasteiger partial charge in [-0.2, -0.15) is 0 Å². The Morgan fingerprint density at radius 2 is 2.08 bits per heavy atom. The van der Waals surface area contributed by atoms with Gasteiger partial charge in [0.2, 0.25) is 5.91 Å². The van der Waals surface area contributed by atoms with Crippen LogP contribution in [-0.4, -0.2) is 35.1 Å². The Labute approximate surface area is 142 Å². The zero-order chi connectivity index (χ0) is 16.8. The van der Waals surface area contributed by atoms with E-state index in [9.17, 15) is 4.79 Å². The van der Waals surface area contributed by atoms with Crippen molar-refractivity contribution in [1.82, 2.24) is 9.88 Å². The number of nitrogens with zero attached hydrogens (tertiary/aromatic N) is 2. The second-order valence-electron chi connectivity index (χ2n) is 5.94. The highest BCUT2D eigenvalue weighted by Gasteiger charge is 2.17. The second-order valence-corrected chi connectivity index (χ2v) is 5.94. The number of hydrogen-bond acceptors (Lipinski definition) is 4. The van der Waals surface area contributed by atoms with Gasteiger partial charge >= 0.3 is 0 Å². The summed E-state index contributed by atoms with van der Waals surface area (Å²) in [6.45, 7) is 4.07. The lowest BCUT2D eigenvalue weighted by Gasteiger charge is -2.21. The molecule has 1 atom stereocenters. The molecule has 1 aromatic heterocycles. The topological polar surface area (TPSA) is 51.7 Å². The number of carbonyl (C=O) groups is 1. The van der Waals surface area contributed by atoms with Crippen molar-refractivity contribution in [2.75, 3.05) is 13.2 Å². The van der Waals surface area contributed by atoms with E-state index in [0.717, 1.165) is 30.0 Å². The molecule has 1 amide bonds. The first-order valence-corrected chi connectivity index (χ1v) is 8.19. The zero-order valence-electron chi connectivity index (χ0n) is 13.9. The van der Waals surface area contributed by atoms with Crippen molar-refractivity contribution in [2.24, 2.45) is 0 Å². The van der Waals surface area contributed by atoms with E-state index in [0.29, 0.717) is 19.7 Å². The van der Waals surface area contributed by atoms with Crippen LogP contribution in [0.1, 0.15) is 24.6 Å². The number of rotatable bonds is 6. The summed E-state index contributed by atoms with van der Waals surface area (Å²) < 4.78 is 11.2. The van der Waals surface area contributed by atoms with Gasteiger partial charge in [-0.1, -0.05) is 18.2 Å². The monoisotopic (exact) mass is 326 g/mol. The van der Waals surface area contributed by atoms with Crippen LogP contribution in [0.3, 0.4) is 0 Å². The van der Waals surface area contributed by atoms with Crippen molar-refractivity contribution < 1.29 is 14.3 Å². The second kappa shape index (κ2) is 7.93. The summed E-state index contributed by atoms with van der Waals surface area (Å²) in [7, 11) is 0. The minimum atomic E-state index is 0.0316. The summed E-state index contributed by atoms with van der Waals surface area (Å²) in [6.07, 6.45) is 2.82. The number of hydrogen-bond donors (Lipinski definition) is 0. The average molecular weight is 326 g/mol. The van der Waals surface area contributed by atoms with E-state index in [4.69, 9.17) is 9.47 Å². The third kappa shape index (κ3) is 4.55. The van der Waals surface area contributed by atoms with Crippen LogP contribution in [0.5, 0.6) is 5.75 Å². The normalized spacial score (nSPS) is 16.8. The Morgan fingerprint density at radius 3 is 2.71 bits per heavy atom. The van der Waals surface area contributed by atoms with Gasteiger partial charge in [-0.3, -0.25) is 9.78 Å². The molecule has 2 aromatic rings. The van der Waals surface area contributed by atoms with E-state index in [1.165, 1.54) is 0 Å². The molecule has 0 spiro atoms. The first-order valence-electron chi connectivity index (χ1n) is 8.19. The summed E-state index contributed by atoms with van der Waals surface area (Å²) >= 11 is 0. The summed E-state index contributed by atoms with van der Waals surface area (Å²) in [5.74, 6) is 0.873. The first-order chi connectivity index (χ1) is 11.7. The maximum atomic E-state index is 11.9. The molecule has 0 N–H and O–H groups in total. The summed E-state index contributed by atoms with van der Waals surface area (Å²) in [5, 5.41) is 0. The van der Waals surface area contributed by atoms with Gasteiger partial charge in [0.05, 0.1) is 25.5 Å². The Kier molecular flexibility index (Phi) is 5.43. The third-order valence-electron chi connectivity index (χ3n) is 4.01. The lowest BCUT2D eigenvalue weighted by atomic mass is 10.2. The van der Waals surface area contributed by atoms with Crippen molar-refractivity contribution >= 4 is 5.91 Å². The third-order valence-corrected chi connectivity index (χ3v) is 4.01. The molecule has 1 aliphatic rings. The number of amides is 1. The Bertz CT molecular complexity index is 652. The number of benzene rings is 1.